The first-order chi connectivity index (χ1) is 10.9. The van der Waals surface area contributed by atoms with Crippen LogP contribution >= 0.6 is 0 Å². The van der Waals surface area contributed by atoms with Crippen molar-refractivity contribution in [1.29, 1.82) is 0 Å². The first-order valence-corrected chi connectivity index (χ1v) is 6.99. The Hall–Kier alpha value is -3.02. The zero-order valence-electron chi connectivity index (χ0n) is 13.1. The van der Waals surface area contributed by atoms with Gasteiger partial charge in [0.25, 0.3) is 5.56 Å². The zero-order valence-corrected chi connectivity index (χ0v) is 13.1. The summed E-state index contributed by atoms with van der Waals surface area (Å²) in [5.74, 6) is -2.00. The first-order valence-electron chi connectivity index (χ1n) is 6.99. The molecule has 1 aromatic carbocycles. The average molecular weight is 314 g/mol. The SMILES string of the molecule is C/C=C\c1c(-c2ccc(N(C)C)cc2)[nH]c(=O)c(C(=O)O)c1O. The van der Waals surface area contributed by atoms with Crippen LogP contribution in [0.2, 0.25) is 0 Å². The number of pyridine rings is 1. The van der Waals surface area contributed by atoms with Gasteiger partial charge in [0, 0.05) is 25.3 Å². The summed E-state index contributed by atoms with van der Waals surface area (Å²) in [6, 6.07) is 7.34. The molecule has 120 valence electrons. The van der Waals surface area contributed by atoms with Crippen LogP contribution in [0.5, 0.6) is 5.75 Å². The van der Waals surface area contributed by atoms with Crippen molar-refractivity contribution in [1.82, 2.24) is 4.98 Å². The minimum absolute atomic E-state index is 0.266. The molecule has 6 heteroatoms. The summed E-state index contributed by atoms with van der Waals surface area (Å²) in [6.07, 6.45) is 3.23. The Balaban J connectivity index is 2.71. The topological polar surface area (TPSA) is 93.6 Å². The fraction of sp³-hybridized carbons (Fsp3) is 0.176. The maximum Gasteiger partial charge on any atom is 0.345 e. The third kappa shape index (κ3) is 3.11. The van der Waals surface area contributed by atoms with Gasteiger partial charge in [-0.3, -0.25) is 4.79 Å². The molecular formula is C17H18N2O4. The first kappa shape index (κ1) is 16.4. The highest BCUT2D eigenvalue weighted by molar-refractivity contribution is 5.93. The number of anilines is 1. The van der Waals surface area contributed by atoms with E-state index in [1.54, 1.807) is 31.2 Å². The molecule has 0 atom stereocenters. The number of aromatic carboxylic acids is 1. The Morgan fingerprint density at radius 3 is 2.30 bits per heavy atom. The van der Waals surface area contributed by atoms with E-state index >= 15 is 0 Å². The van der Waals surface area contributed by atoms with Gasteiger partial charge in [0.05, 0.1) is 5.69 Å². The highest BCUT2D eigenvalue weighted by Crippen LogP contribution is 2.31. The lowest BCUT2D eigenvalue weighted by molar-refractivity contribution is 0.0691. The predicted octanol–water partition coefficient (Wildman–Crippen LogP) is 2.54. The molecule has 6 nitrogen and oxygen atoms in total. The summed E-state index contributed by atoms with van der Waals surface area (Å²) < 4.78 is 0. The van der Waals surface area contributed by atoms with E-state index in [-0.39, 0.29) is 5.56 Å². The second-order valence-electron chi connectivity index (χ2n) is 5.21. The van der Waals surface area contributed by atoms with E-state index in [0.717, 1.165) is 5.69 Å². The normalized spacial score (nSPS) is 10.9. The Bertz CT molecular complexity index is 818. The number of nitrogens with one attached hydrogen (secondary N) is 1. The number of aromatic hydroxyl groups is 1. The smallest absolute Gasteiger partial charge is 0.345 e. The molecule has 2 rings (SSSR count). The zero-order chi connectivity index (χ0) is 17.1. The minimum atomic E-state index is -1.47. The van der Waals surface area contributed by atoms with Gasteiger partial charge in [-0.25, -0.2) is 4.79 Å². The highest BCUT2D eigenvalue weighted by atomic mass is 16.4. The van der Waals surface area contributed by atoms with Crippen LogP contribution in [0.15, 0.2) is 35.1 Å². The van der Waals surface area contributed by atoms with Crippen molar-refractivity contribution in [3.8, 4) is 17.0 Å². The monoisotopic (exact) mass is 314 g/mol. The molecule has 0 aliphatic carbocycles. The average Bonchev–Trinajstić information content (AvgIpc) is 2.49. The Morgan fingerprint density at radius 2 is 1.83 bits per heavy atom. The maximum atomic E-state index is 12.0. The lowest BCUT2D eigenvalue weighted by Gasteiger charge is -2.14. The molecule has 1 aromatic heterocycles. The van der Waals surface area contributed by atoms with Crippen molar-refractivity contribution in [3.63, 3.8) is 0 Å². The summed E-state index contributed by atoms with van der Waals surface area (Å²) in [4.78, 5) is 27.6. The number of hydrogen-bond acceptors (Lipinski definition) is 4. The molecule has 0 spiro atoms. The van der Waals surface area contributed by atoms with Gasteiger partial charge >= 0.3 is 5.97 Å². The lowest BCUT2D eigenvalue weighted by Crippen LogP contribution is -2.19. The van der Waals surface area contributed by atoms with Gasteiger partial charge < -0.3 is 20.1 Å². The molecule has 0 saturated carbocycles. The molecule has 23 heavy (non-hydrogen) atoms. The van der Waals surface area contributed by atoms with Gasteiger partial charge in [0.2, 0.25) is 0 Å². The van der Waals surface area contributed by atoms with E-state index in [4.69, 9.17) is 5.11 Å². The van der Waals surface area contributed by atoms with Crippen molar-refractivity contribution in [2.75, 3.05) is 19.0 Å². The van der Waals surface area contributed by atoms with Gasteiger partial charge in [0.15, 0.2) is 5.56 Å². The highest BCUT2D eigenvalue weighted by Gasteiger charge is 2.21. The van der Waals surface area contributed by atoms with Gasteiger partial charge in [-0.05, 0) is 24.6 Å². The van der Waals surface area contributed by atoms with Crippen LogP contribution in [0, 0.1) is 0 Å². The molecule has 0 amide bonds. The van der Waals surface area contributed by atoms with Crippen molar-refractivity contribution in [3.05, 3.63) is 51.8 Å². The summed E-state index contributed by atoms with van der Waals surface area (Å²) in [7, 11) is 3.82. The standard InChI is InChI=1S/C17H18N2O4/c1-4-5-12-14(10-6-8-11(9-7-10)19(2)3)18-16(21)13(15(12)20)17(22)23/h4-9H,1-3H3,(H,22,23)(H2,18,20,21)/b5-4-. The van der Waals surface area contributed by atoms with E-state index in [1.807, 2.05) is 31.1 Å². The van der Waals surface area contributed by atoms with E-state index in [0.29, 0.717) is 11.3 Å². The molecule has 0 aliphatic heterocycles. The second kappa shape index (κ2) is 6.39. The van der Waals surface area contributed by atoms with Gasteiger partial charge in [-0.1, -0.05) is 24.3 Å². The van der Waals surface area contributed by atoms with Crippen molar-refractivity contribution in [2.24, 2.45) is 0 Å². The van der Waals surface area contributed by atoms with Crippen molar-refractivity contribution in [2.45, 2.75) is 6.92 Å². The Kier molecular flexibility index (Phi) is 4.55. The molecule has 1 heterocycles. The van der Waals surface area contributed by atoms with Gasteiger partial charge in [-0.15, -0.1) is 0 Å². The summed E-state index contributed by atoms with van der Waals surface area (Å²) in [6.45, 7) is 1.74. The van der Waals surface area contributed by atoms with Crippen LogP contribution in [-0.2, 0) is 0 Å². The predicted molar refractivity (Wildman–Crippen MR) is 90.2 cm³/mol. The van der Waals surface area contributed by atoms with Gasteiger partial charge in [-0.2, -0.15) is 0 Å². The number of benzene rings is 1. The molecule has 3 N–H and O–H groups in total. The molecule has 2 aromatic rings. The number of carboxylic acid groups (broad SMARTS) is 1. The molecule has 0 bridgehead atoms. The number of H-pyrrole nitrogens is 1. The molecule has 0 fully saturated rings. The maximum absolute atomic E-state index is 12.0. The van der Waals surface area contributed by atoms with Crippen LogP contribution in [0.1, 0.15) is 22.8 Å². The van der Waals surface area contributed by atoms with E-state index in [1.165, 1.54) is 0 Å². The summed E-state index contributed by atoms with van der Waals surface area (Å²) >= 11 is 0. The van der Waals surface area contributed by atoms with E-state index in [2.05, 4.69) is 4.98 Å². The Morgan fingerprint density at radius 1 is 1.22 bits per heavy atom. The lowest BCUT2D eigenvalue weighted by atomic mass is 10.0. The molecule has 0 aliphatic rings. The van der Waals surface area contributed by atoms with Crippen molar-refractivity contribution < 1.29 is 15.0 Å². The third-order valence-corrected chi connectivity index (χ3v) is 3.45. The number of carboxylic acids is 1. The molecule has 0 unspecified atom stereocenters. The largest absolute Gasteiger partial charge is 0.506 e. The minimum Gasteiger partial charge on any atom is -0.506 e. The van der Waals surface area contributed by atoms with Crippen LogP contribution in [0.25, 0.3) is 17.3 Å². The number of carbonyl (C=O) groups is 1. The number of hydrogen-bond donors (Lipinski definition) is 3. The molecule has 0 saturated heterocycles. The second-order valence-corrected chi connectivity index (χ2v) is 5.21. The summed E-state index contributed by atoms with van der Waals surface area (Å²) in [5.41, 5.74) is 0.799. The van der Waals surface area contributed by atoms with Crippen molar-refractivity contribution >= 4 is 17.7 Å². The number of rotatable bonds is 4. The third-order valence-electron chi connectivity index (χ3n) is 3.45. The van der Waals surface area contributed by atoms with E-state index in [9.17, 15) is 14.7 Å². The quantitative estimate of drug-likeness (QED) is 0.806. The molecule has 0 radical (unpaired) electrons. The van der Waals surface area contributed by atoms with Crippen LogP contribution in [-0.4, -0.2) is 35.3 Å². The van der Waals surface area contributed by atoms with Crippen LogP contribution in [0.3, 0.4) is 0 Å². The number of nitrogens with zero attached hydrogens (tertiary/aromatic N) is 1. The summed E-state index contributed by atoms with van der Waals surface area (Å²) in [5, 5.41) is 19.3. The number of aromatic amines is 1. The molecular weight excluding hydrogens is 296 g/mol. The van der Waals surface area contributed by atoms with E-state index < -0.39 is 22.8 Å². The van der Waals surface area contributed by atoms with Gasteiger partial charge in [0.1, 0.15) is 5.75 Å². The van der Waals surface area contributed by atoms with Crippen LogP contribution < -0.4 is 10.5 Å². The number of allylic oxidation sites excluding steroid dienone is 1. The fourth-order valence-electron chi connectivity index (χ4n) is 2.29. The Labute approximate surface area is 133 Å². The number of aromatic nitrogens is 1. The van der Waals surface area contributed by atoms with Crippen LogP contribution in [0.4, 0.5) is 5.69 Å². The fourth-order valence-corrected chi connectivity index (χ4v) is 2.29.